The molecule has 144 valence electrons. The van der Waals surface area contributed by atoms with Crippen LogP contribution in [-0.4, -0.2) is 34.2 Å². The summed E-state index contributed by atoms with van der Waals surface area (Å²) >= 11 is 8.45. The molecule has 0 aliphatic carbocycles. The summed E-state index contributed by atoms with van der Waals surface area (Å²) in [6.45, 7) is 1.70. The molecule has 0 saturated carbocycles. The molecule has 1 N–H and O–H groups in total. The highest BCUT2D eigenvalue weighted by Gasteiger charge is 2.12. The van der Waals surface area contributed by atoms with Gasteiger partial charge in [0.1, 0.15) is 5.75 Å². The number of hydrogen-bond acceptors (Lipinski definition) is 7. The summed E-state index contributed by atoms with van der Waals surface area (Å²) < 4.78 is 6.05. The van der Waals surface area contributed by atoms with Crippen LogP contribution in [0.5, 0.6) is 5.75 Å². The third kappa shape index (κ3) is 5.79. The number of aromatic nitrogens is 2. The molecule has 28 heavy (non-hydrogen) atoms. The lowest BCUT2D eigenvalue weighted by Crippen LogP contribution is -2.20. The molecular weight excluding hydrogens is 418 g/mol. The van der Waals surface area contributed by atoms with Crippen molar-refractivity contribution in [3.63, 3.8) is 0 Å². The number of carbonyl (C=O) groups is 2. The van der Waals surface area contributed by atoms with Crippen LogP contribution in [0.15, 0.2) is 52.9 Å². The Morgan fingerprint density at radius 1 is 1.18 bits per heavy atom. The van der Waals surface area contributed by atoms with Crippen molar-refractivity contribution in [1.29, 1.82) is 0 Å². The number of carbonyl (C=O) groups excluding carboxylic acids is 2. The van der Waals surface area contributed by atoms with Gasteiger partial charge in [0.2, 0.25) is 5.13 Å². The monoisotopic (exact) mass is 433 g/mol. The summed E-state index contributed by atoms with van der Waals surface area (Å²) in [5, 5.41) is 11.5. The number of ketones is 1. The van der Waals surface area contributed by atoms with Crippen molar-refractivity contribution in [3.05, 3.63) is 64.7 Å². The van der Waals surface area contributed by atoms with E-state index in [1.165, 1.54) is 23.1 Å². The van der Waals surface area contributed by atoms with Gasteiger partial charge in [-0.3, -0.25) is 14.9 Å². The Labute approximate surface area is 175 Å². The second kappa shape index (κ2) is 9.68. The maximum Gasteiger partial charge on any atom is 0.264 e. The number of hydrogen-bond donors (Lipinski definition) is 1. The molecule has 0 aliphatic heterocycles. The Bertz CT molecular complexity index is 980. The van der Waals surface area contributed by atoms with Gasteiger partial charge >= 0.3 is 0 Å². The van der Waals surface area contributed by atoms with Crippen LogP contribution in [-0.2, 0) is 4.79 Å². The zero-order valence-corrected chi connectivity index (χ0v) is 17.2. The number of anilines is 1. The van der Waals surface area contributed by atoms with E-state index in [0.717, 1.165) is 5.56 Å². The second-order valence-electron chi connectivity index (χ2n) is 5.70. The molecule has 0 aliphatic rings. The largest absolute Gasteiger partial charge is 0.484 e. The highest BCUT2D eigenvalue weighted by Crippen LogP contribution is 2.26. The first-order chi connectivity index (χ1) is 13.5. The van der Waals surface area contributed by atoms with Crippen LogP contribution >= 0.6 is 34.7 Å². The van der Waals surface area contributed by atoms with E-state index in [0.29, 0.717) is 25.8 Å². The molecule has 0 bridgehead atoms. The Balaban J connectivity index is 1.46. The number of ether oxygens (including phenoxy) is 1. The predicted octanol–water partition coefficient (Wildman–Crippen LogP) is 4.49. The fraction of sp³-hybridized carbons (Fsp3) is 0.158. The lowest BCUT2D eigenvalue weighted by molar-refractivity contribution is -0.118. The highest BCUT2D eigenvalue weighted by atomic mass is 35.5. The van der Waals surface area contributed by atoms with E-state index in [-0.39, 0.29) is 24.1 Å². The molecule has 1 heterocycles. The van der Waals surface area contributed by atoms with E-state index in [4.69, 9.17) is 16.3 Å². The van der Waals surface area contributed by atoms with Crippen LogP contribution in [0.25, 0.3) is 0 Å². The Morgan fingerprint density at radius 3 is 2.71 bits per heavy atom. The Hall–Kier alpha value is -2.42. The highest BCUT2D eigenvalue weighted by molar-refractivity contribution is 8.01. The molecule has 3 rings (SSSR count). The van der Waals surface area contributed by atoms with E-state index in [2.05, 4.69) is 15.5 Å². The quantitative estimate of drug-likeness (QED) is 0.320. The molecule has 3 aromatic rings. The number of amides is 1. The van der Waals surface area contributed by atoms with E-state index in [9.17, 15) is 9.59 Å². The summed E-state index contributed by atoms with van der Waals surface area (Å²) in [4.78, 5) is 24.1. The summed E-state index contributed by atoms with van der Waals surface area (Å²) in [7, 11) is 0. The molecule has 0 radical (unpaired) electrons. The van der Waals surface area contributed by atoms with Gasteiger partial charge < -0.3 is 4.74 Å². The minimum absolute atomic E-state index is 0.0121. The molecule has 9 heteroatoms. The number of nitrogens with one attached hydrogen (secondary N) is 1. The van der Waals surface area contributed by atoms with Gasteiger partial charge in [0.25, 0.3) is 5.91 Å². The first-order valence-electron chi connectivity index (χ1n) is 8.24. The number of benzene rings is 2. The lowest BCUT2D eigenvalue weighted by atomic mass is 10.2. The first kappa shape index (κ1) is 20.3. The third-order valence-electron chi connectivity index (χ3n) is 3.57. The number of halogens is 1. The third-order valence-corrected chi connectivity index (χ3v) is 5.97. The van der Waals surface area contributed by atoms with Crippen LogP contribution in [0, 0.1) is 6.92 Å². The molecule has 0 saturated heterocycles. The van der Waals surface area contributed by atoms with Gasteiger partial charge in [0.05, 0.1) is 5.75 Å². The van der Waals surface area contributed by atoms with Crippen molar-refractivity contribution in [1.82, 2.24) is 10.2 Å². The molecule has 1 amide bonds. The average molecular weight is 434 g/mol. The molecule has 0 fully saturated rings. The van der Waals surface area contributed by atoms with Gasteiger partial charge in [-0.1, -0.05) is 65.0 Å². The van der Waals surface area contributed by atoms with Gasteiger partial charge in [-0.25, -0.2) is 0 Å². The fourth-order valence-electron chi connectivity index (χ4n) is 2.16. The van der Waals surface area contributed by atoms with Crippen molar-refractivity contribution in [2.75, 3.05) is 17.7 Å². The number of thioether (sulfide) groups is 1. The van der Waals surface area contributed by atoms with E-state index < -0.39 is 0 Å². The SMILES string of the molecule is Cc1cc(OCC(=O)Nc2nnc(SCC(=O)c3ccccc3)s2)ccc1Cl. The van der Waals surface area contributed by atoms with Crippen LogP contribution in [0.1, 0.15) is 15.9 Å². The molecule has 0 spiro atoms. The van der Waals surface area contributed by atoms with Crippen LogP contribution in [0.2, 0.25) is 5.02 Å². The van der Waals surface area contributed by atoms with Crippen molar-refractivity contribution in [2.24, 2.45) is 0 Å². The molecule has 0 atom stereocenters. The summed E-state index contributed by atoms with van der Waals surface area (Å²) in [5.41, 5.74) is 1.53. The first-order valence-corrected chi connectivity index (χ1v) is 10.4. The molecular formula is C19H16ClN3O3S2. The summed E-state index contributed by atoms with van der Waals surface area (Å²) in [5.74, 6) is 0.481. The molecule has 0 unspecified atom stereocenters. The number of rotatable bonds is 8. The maximum absolute atomic E-state index is 12.1. The van der Waals surface area contributed by atoms with Crippen LogP contribution in [0.3, 0.4) is 0 Å². The van der Waals surface area contributed by atoms with Crippen LogP contribution in [0.4, 0.5) is 5.13 Å². The Morgan fingerprint density at radius 2 is 1.96 bits per heavy atom. The maximum atomic E-state index is 12.1. The van der Waals surface area contributed by atoms with Crippen molar-refractivity contribution >= 4 is 51.5 Å². The van der Waals surface area contributed by atoms with Crippen molar-refractivity contribution in [3.8, 4) is 5.75 Å². The van der Waals surface area contributed by atoms with E-state index >= 15 is 0 Å². The number of Topliss-reactive ketones (excluding diaryl/α,β-unsaturated/α-hetero) is 1. The van der Waals surface area contributed by atoms with Crippen molar-refractivity contribution < 1.29 is 14.3 Å². The zero-order chi connectivity index (χ0) is 19.9. The number of nitrogens with zero attached hydrogens (tertiary/aromatic N) is 2. The minimum atomic E-state index is -0.347. The van der Waals surface area contributed by atoms with E-state index in [1.54, 1.807) is 30.3 Å². The topological polar surface area (TPSA) is 81.2 Å². The minimum Gasteiger partial charge on any atom is -0.484 e. The fourth-order valence-corrected chi connectivity index (χ4v) is 3.94. The normalized spacial score (nSPS) is 10.5. The molecule has 6 nitrogen and oxygen atoms in total. The second-order valence-corrected chi connectivity index (χ2v) is 8.31. The zero-order valence-electron chi connectivity index (χ0n) is 14.8. The van der Waals surface area contributed by atoms with Gasteiger partial charge in [-0.15, -0.1) is 10.2 Å². The molecule has 1 aromatic heterocycles. The van der Waals surface area contributed by atoms with Gasteiger partial charge in [0.15, 0.2) is 16.7 Å². The van der Waals surface area contributed by atoms with Gasteiger partial charge in [-0.05, 0) is 30.7 Å². The standard InChI is InChI=1S/C19H16ClN3O3S2/c1-12-9-14(7-8-15(12)20)26-10-17(25)21-18-22-23-19(28-18)27-11-16(24)13-5-3-2-4-6-13/h2-9H,10-11H2,1H3,(H,21,22,25). The molecule has 2 aromatic carbocycles. The summed E-state index contributed by atoms with van der Waals surface area (Å²) in [6.07, 6.45) is 0. The van der Waals surface area contributed by atoms with Crippen molar-refractivity contribution in [2.45, 2.75) is 11.3 Å². The smallest absolute Gasteiger partial charge is 0.264 e. The average Bonchev–Trinajstić information content (AvgIpc) is 3.15. The van der Waals surface area contributed by atoms with Gasteiger partial charge in [-0.2, -0.15) is 0 Å². The van der Waals surface area contributed by atoms with Gasteiger partial charge in [0, 0.05) is 10.6 Å². The lowest BCUT2D eigenvalue weighted by Gasteiger charge is -2.07. The van der Waals surface area contributed by atoms with Crippen LogP contribution < -0.4 is 10.1 Å². The predicted molar refractivity (Wildman–Crippen MR) is 112 cm³/mol. The van der Waals surface area contributed by atoms with E-state index in [1.807, 2.05) is 25.1 Å². The Kier molecular flexibility index (Phi) is 7.02. The summed E-state index contributed by atoms with van der Waals surface area (Å²) in [6, 6.07) is 14.2. The number of aryl methyl sites for hydroxylation is 1.